The number of rotatable bonds is 5. The van der Waals surface area contributed by atoms with Crippen LogP contribution in [0.3, 0.4) is 0 Å². The van der Waals surface area contributed by atoms with E-state index in [0.717, 1.165) is 41.5 Å². The molecule has 0 saturated carbocycles. The number of amides is 2. The minimum atomic E-state index is -0.569. The molecule has 1 unspecified atom stereocenters. The van der Waals surface area contributed by atoms with Crippen molar-refractivity contribution < 1.29 is 14.3 Å². The Balaban J connectivity index is 2.02. The molecule has 32 heavy (non-hydrogen) atoms. The molecule has 5 nitrogen and oxygen atoms in total. The molecule has 2 amide bonds. The molecule has 1 aliphatic rings. The maximum Gasteiger partial charge on any atom is 0.410 e. The van der Waals surface area contributed by atoms with Gasteiger partial charge in [0.25, 0.3) is 0 Å². The van der Waals surface area contributed by atoms with Gasteiger partial charge in [-0.3, -0.25) is 4.79 Å². The van der Waals surface area contributed by atoms with Crippen LogP contribution >= 0.6 is 23.2 Å². The first-order valence-corrected chi connectivity index (χ1v) is 11.4. The number of fused-ring (bicyclic) bond motifs is 1. The first-order chi connectivity index (χ1) is 15.0. The van der Waals surface area contributed by atoms with Gasteiger partial charge in [-0.05, 0) is 68.0 Å². The first-order valence-electron chi connectivity index (χ1n) is 10.7. The Hall–Kier alpha value is -2.24. The monoisotopic (exact) mass is 476 g/mol. The number of benzene rings is 2. The van der Waals surface area contributed by atoms with Gasteiger partial charge in [0.05, 0.1) is 16.1 Å². The molecule has 0 radical (unpaired) electrons. The first kappa shape index (κ1) is 24.4. The second-order valence-electron chi connectivity index (χ2n) is 9.39. The molecule has 0 spiro atoms. The Morgan fingerprint density at radius 1 is 1.06 bits per heavy atom. The number of halogens is 2. The van der Waals surface area contributed by atoms with E-state index in [1.807, 2.05) is 45.0 Å². The zero-order chi connectivity index (χ0) is 23.6. The fraction of sp³-hybridized carbons (Fsp3) is 0.440. The van der Waals surface area contributed by atoms with Crippen LogP contribution in [-0.4, -0.2) is 42.0 Å². The number of carbonyl (C=O) groups excluding carboxylic acids is 2. The second kappa shape index (κ2) is 9.72. The Morgan fingerprint density at radius 3 is 2.41 bits per heavy atom. The molecule has 7 heteroatoms. The van der Waals surface area contributed by atoms with Gasteiger partial charge in [0.2, 0.25) is 6.41 Å². The van der Waals surface area contributed by atoms with E-state index in [9.17, 15) is 9.59 Å². The summed E-state index contributed by atoms with van der Waals surface area (Å²) in [5.41, 5.74) is 3.75. The van der Waals surface area contributed by atoms with Crippen LogP contribution in [0.1, 0.15) is 67.8 Å². The third-order valence-electron chi connectivity index (χ3n) is 5.72. The van der Waals surface area contributed by atoms with E-state index in [1.165, 1.54) is 0 Å². The highest BCUT2D eigenvalue weighted by atomic mass is 35.5. The highest BCUT2D eigenvalue weighted by Gasteiger charge is 2.34. The van der Waals surface area contributed by atoms with Crippen molar-refractivity contribution in [2.24, 2.45) is 0 Å². The fourth-order valence-corrected chi connectivity index (χ4v) is 4.53. The van der Waals surface area contributed by atoms with Crippen molar-refractivity contribution in [2.45, 2.75) is 57.7 Å². The number of hydrogen-bond donors (Lipinski definition) is 0. The largest absolute Gasteiger partial charge is 0.444 e. The van der Waals surface area contributed by atoms with Gasteiger partial charge in [-0.1, -0.05) is 47.5 Å². The molecular weight excluding hydrogens is 447 g/mol. The van der Waals surface area contributed by atoms with Crippen molar-refractivity contribution >= 4 is 35.7 Å². The van der Waals surface area contributed by atoms with Crippen LogP contribution in [0.25, 0.3) is 0 Å². The quantitative estimate of drug-likeness (QED) is 0.468. The van der Waals surface area contributed by atoms with Crippen LogP contribution in [0.5, 0.6) is 0 Å². The Labute approximate surface area is 200 Å². The molecule has 0 aliphatic heterocycles. The van der Waals surface area contributed by atoms with Crippen LogP contribution in [-0.2, 0) is 16.1 Å². The maximum absolute atomic E-state index is 12.8. The van der Waals surface area contributed by atoms with Crippen LogP contribution in [0.2, 0.25) is 10.0 Å². The summed E-state index contributed by atoms with van der Waals surface area (Å²) in [7, 11) is 3.53. The van der Waals surface area contributed by atoms with Crippen molar-refractivity contribution in [3.63, 3.8) is 0 Å². The summed E-state index contributed by atoms with van der Waals surface area (Å²) in [6.45, 7) is 6.08. The van der Waals surface area contributed by atoms with Gasteiger partial charge in [0.15, 0.2) is 0 Å². The topological polar surface area (TPSA) is 49.9 Å². The average Bonchev–Trinajstić information content (AvgIpc) is 2.73. The summed E-state index contributed by atoms with van der Waals surface area (Å²) < 4.78 is 5.62. The molecule has 0 heterocycles. The number of hydrogen-bond acceptors (Lipinski definition) is 3. The molecule has 0 bridgehead atoms. The molecule has 2 atom stereocenters. The SMILES string of the molecule is CN(C=O)Cc1ccc2c(c1)[C@@H](N(C)C(=O)OC(C)(C)C)CCC2c1ccc(Cl)c(Cl)c1. The van der Waals surface area contributed by atoms with Crippen LogP contribution < -0.4 is 0 Å². The average molecular weight is 477 g/mol. The predicted octanol–water partition coefficient (Wildman–Crippen LogP) is 6.42. The van der Waals surface area contributed by atoms with E-state index in [2.05, 4.69) is 12.1 Å². The van der Waals surface area contributed by atoms with E-state index >= 15 is 0 Å². The molecule has 0 aromatic heterocycles. The van der Waals surface area contributed by atoms with Gasteiger partial charge in [-0.25, -0.2) is 4.79 Å². The Kier molecular flexibility index (Phi) is 7.41. The van der Waals surface area contributed by atoms with Crippen LogP contribution in [0.15, 0.2) is 36.4 Å². The van der Waals surface area contributed by atoms with E-state index in [0.29, 0.717) is 16.6 Å². The van der Waals surface area contributed by atoms with E-state index in [1.54, 1.807) is 23.9 Å². The third kappa shape index (κ3) is 5.57. The standard InChI is InChI=1S/C25H30Cl2N2O3/c1-25(2,3)32-24(31)29(5)23-11-9-18(17-7-10-21(26)22(27)13-17)19-8-6-16(12-20(19)23)14-28(4)15-30/h6-8,10,12-13,15,18,23H,9,11,14H2,1-5H3/t18?,23-/m0/s1. The lowest BCUT2D eigenvalue weighted by atomic mass is 9.76. The van der Waals surface area contributed by atoms with Gasteiger partial charge in [-0.15, -0.1) is 0 Å². The smallest absolute Gasteiger partial charge is 0.410 e. The molecule has 1 aliphatic carbocycles. The van der Waals surface area contributed by atoms with Gasteiger partial charge in [0.1, 0.15) is 5.60 Å². The predicted molar refractivity (Wildman–Crippen MR) is 128 cm³/mol. The summed E-state index contributed by atoms with van der Waals surface area (Å²) >= 11 is 12.4. The van der Waals surface area contributed by atoms with Crippen molar-refractivity contribution in [3.05, 3.63) is 68.7 Å². The van der Waals surface area contributed by atoms with Gasteiger partial charge < -0.3 is 14.5 Å². The molecule has 2 aromatic carbocycles. The van der Waals surface area contributed by atoms with Crippen molar-refractivity contribution in [1.29, 1.82) is 0 Å². The lowest BCUT2D eigenvalue weighted by Gasteiger charge is -2.38. The van der Waals surface area contributed by atoms with Gasteiger partial charge >= 0.3 is 6.09 Å². The molecule has 0 saturated heterocycles. The zero-order valence-corrected chi connectivity index (χ0v) is 20.7. The normalized spacial score (nSPS) is 18.0. The molecule has 2 aromatic rings. The minimum absolute atomic E-state index is 0.125. The highest BCUT2D eigenvalue weighted by molar-refractivity contribution is 6.42. The Bertz CT molecular complexity index is 1000. The fourth-order valence-electron chi connectivity index (χ4n) is 4.23. The summed E-state index contributed by atoms with van der Waals surface area (Å²) in [6, 6.07) is 11.9. The number of ether oxygens (including phenoxy) is 1. The summed E-state index contributed by atoms with van der Waals surface area (Å²) in [4.78, 5) is 27.2. The van der Waals surface area contributed by atoms with Crippen LogP contribution in [0, 0.1) is 0 Å². The lowest BCUT2D eigenvalue weighted by Crippen LogP contribution is -2.38. The second-order valence-corrected chi connectivity index (χ2v) is 10.2. The van der Waals surface area contributed by atoms with Crippen LogP contribution in [0.4, 0.5) is 4.79 Å². The zero-order valence-electron chi connectivity index (χ0n) is 19.2. The summed E-state index contributed by atoms with van der Waals surface area (Å²) in [5.74, 6) is 0.140. The minimum Gasteiger partial charge on any atom is -0.444 e. The van der Waals surface area contributed by atoms with E-state index in [4.69, 9.17) is 27.9 Å². The highest BCUT2D eigenvalue weighted by Crippen LogP contribution is 2.45. The maximum atomic E-state index is 12.8. The van der Waals surface area contributed by atoms with Gasteiger partial charge in [0, 0.05) is 26.6 Å². The van der Waals surface area contributed by atoms with Gasteiger partial charge in [-0.2, -0.15) is 0 Å². The van der Waals surface area contributed by atoms with E-state index < -0.39 is 5.60 Å². The molecule has 0 N–H and O–H groups in total. The Morgan fingerprint density at radius 2 is 1.78 bits per heavy atom. The molecular formula is C25H30Cl2N2O3. The number of nitrogens with zero attached hydrogens (tertiary/aromatic N) is 2. The molecule has 3 rings (SSSR count). The van der Waals surface area contributed by atoms with Crippen molar-refractivity contribution in [3.8, 4) is 0 Å². The molecule has 172 valence electrons. The summed E-state index contributed by atoms with van der Waals surface area (Å²) in [6.07, 6.45) is 2.09. The number of carbonyl (C=O) groups is 2. The third-order valence-corrected chi connectivity index (χ3v) is 6.46. The van der Waals surface area contributed by atoms with E-state index in [-0.39, 0.29) is 18.1 Å². The van der Waals surface area contributed by atoms with Crippen molar-refractivity contribution in [2.75, 3.05) is 14.1 Å². The summed E-state index contributed by atoms with van der Waals surface area (Å²) in [5, 5.41) is 1.06. The molecule has 0 fully saturated rings. The van der Waals surface area contributed by atoms with Crippen molar-refractivity contribution in [1.82, 2.24) is 9.80 Å². The lowest BCUT2D eigenvalue weighted by molar-refractivity contribution is -0.117.